The molecular formula is C28H18O4. The van der Waals surface area contributed by atoms with Crippen LogP contribution in [-0.2, 0) is 0 Å². The third-order valence-corrected chi connectivity index (χ3v) is 6.44. The smallest absolute Gasteiger partial charge is 0.135 e. The van der Waals surface area contributed by atoms with Crippen molar-refractivity contribution in [1.29, 1.82) is 0 Å². The highest BCUT2D eigenvalue weighted by molar-refractivity contribution is 6.40. The van der Waals surface area contributed by atoms with Gasteiger partial charge in [0.25, 0.3) is 0 Å². The van der Waals surface area contributed by atoms with E-state index in [1.807, 2.05) is 48.5 Å². The van der Waals surface area contributed by atoms with Gasteiger partial charge in [-0.25, -0.2) is 0 Å². The summed E-state index contributed by atoms with van der Waals surface area (Å²) in [5, 5.41) is 8.77. The minimum absolute atomic E-state index is 0.790. The van der Waals surface area contributed by atoms with Gasteiger partial charge in [-0.05, 0) is 59.3 Å². The van der Waals surface area contributed by atoms with Crippen LogP contribution in [0.1, 0.15) is 0 Å². The summed E-state index contributed by atoms with van der Waals surface area (Å²) in [5.41, 5.74) is 3.34. The highest BCUT2D eigenvalue weighted by Crippen LogP contribution is 2.46. The quantitative estimate of drug-likeness (QED) is 0.212. The van der Waals surface area contributed by atoms with E-state index in [9.17, 15) is 0 Å². The Labute approximate surface area is 182 Å². The third kappa shape index (κ3) is 2.16. The molecule has 0 aliphatic rings. The van der Waals surface area contributed by atoms with Gasteiger partial charge in [-0.2, -0.15) is 0 Å². The summed E-state index contributed by atoms with van der Waals surface area (Å²) in [6, 6.07) is 24.4. The summed E-state index contributed by atoms with van der Waals surface area (Å²) in [6.45, 7) is 0. The van der Waals surface area contributed by atoms with Gasteiger partial charge >= 0.3 is 0 Å². The molecule has 0 amide bonds. The number of ether oxygens (including phenoxy) is 2. The molecule has 7 aromatic rings. The number of hydrogen-bond acceptors (Lipinski definition) is 4. The zero-order valence-electron chi connectivity index (χ0n) is 17.6. The summed E-state index contributed by atoms with van der Waals surface area (Å²) >= 11 is 0. The second kappa shape index (κ2) is 6.17. The van der Waals surface area contributed by atoms with E-state index in [4.69, 9.17) is 18.3 Å². The van der Waals surface area contributed by atoms with Crippen LogP contribution in [0.2, 0.25) is 0 Å². The van der Waals surface area contributed by atoms with Crippen molar-refractivity contribution in [2.45, 2.75) is 0 Å². The second-order valence-corrected chi connectivity index (χ2v) is 8.04. The van der Waals surface area contributed by atoms with Crippen LogP contribution in [0.25, 0.3) is 65.4 Å². The molecule has 154 valence electrons. The standard InChI is InChI=1S/C28H18O4/c1-29-15-9-11-21-19(13-15)27-25-17(5-3-7-23(25)31-21)18-6-4-8-24-26(18)28(27)20-14-16(30-2)10-12-22(20)32-24/h3-14H,1-2H3. The zero-order valence-corrected chi connectivity index (χ0v) is 17.6. The van der Waals surface area contributed by atoms with Crippen molar-refractivity contribution in [3.63, 3.8) is 0 Å². The molecule has 4 nitrogen and oxygen atoms in total. The minimum atomic E-state index is 0.790. The fraction of sp³-hybridized carbons (Fsp3) is 0.0714. The second-order valence-electron chi connectivity index (χ2n) is 8.04. The van der Waals surface area contributed by atoms with Gasteiger partial charge in [-0.3, -0.25) is 0 Å². The number of methoxy groups -OCH3 is 2. The first-order chi connectivity index (χ1) is 15.8. The van der Waals surface area contributed by atoms with Crippen LogP contribution < -0.4 is 9.47 Å². The van der Waals surface area contributed by atoms with Gasteiger partial charge in [0.05, 0.1) is 14.2 Å². The summed E-state index contributed by atoms with van der Waals surface area (Å²) < 4.78 is 23.9. The van der Waals surface area contributed by atoms with Crippen molar-refractivity contribution in [3.05, 3.63) is 72.8 Å². The summed E-state index contributed by atoms with van der Waals surface area (Å²) in [5.74, 6) is 1.58. The average Bonchev–Trinajstić information content (AvgIpc) is 2.85. The lowest BCUT2D eigenvalue weighted by Gasteiger charge is -2.17. The Morgan fingerprint density at radius 2 is 0.938 bits per heavy atom. The van der Waals surface area contributed by atoms with Crippen LogP contribution in [-0.4, -0.2) is 14.2 Å². The van der Waals surface area contributed by atoms with Crippen LogP contribution in [0.4, 0.5) is 0 Å². The summed E-state index contributed by atoms with van der Waals surface area (Å²) in [7, 11) is 3.37. The minimum Gasteiger partial charge on any atom is -0.497 e. The molecular weight excluding hydrogens is 400 g/mol. The number of fused-ring (bicyclic) bond motifs is 6. The Kier molecular flexibility index (Phi) is 3.37. The van der Waals surface area contributed by atoms with Crippen LogP contribution in [0.3, 0.4) is 0 Å². The molecule has 32 heavy (non-hydrogen) atoms. The Bertz CT molecular complexity index is 1720. The van der Waals surface area contributed by atoms with Gasteiger partial charge in [0.1, 0.15) is 33.8 Å². The maximum Gasteiger partial charge on any atom is 0.135 e. The zero-order chi connectivity index (χ0) is 21.4. The van der Waals surface area contributed by atoms with E-state index >= 15 is 0 Å². The fourth-order valence-electron chi connectivity index (χ4n) is 5.06. The summed E-state index contributed by atoms with van der Waals surface area (Å²) in [4.78, 5) is 0. The van der Waals surface area contributed by atoms with E-state index < -0.39 is 0 Å². The molecule has 7 rings (SSSR count). The number of rotatable bonds is 2. The van der Waals surface area contributed by atoms with Crippen LogP contribution in [0, 0.1) is 0 Å². The molecule has 0 radical (unpaired) electrons. The largest absolute Gasteiger partial charge is 0.497 e. The molecule has 0 spiro atoms. The molecule has 4 heteroatoms. The lowest BCUT2D eigenvalue weighted by atomic mass is 9.90. The maximum absolute atomic E-state index is 6.37. The first kappa shape index (κ1) is 17.5. The van der Waals surface area contributed by atoms with Gasteiger partial charge in [0.2, 0.25) is 0 Å². The highest BCUT2D eigenvalue weighted by atomic mass is 16.5. The molecule has 0 aliphatic carbocycles. The molecule has 0 N–H and O–H groups in total. The van der Waals surface area contributed by atoms with Crippen molar-refractivity contribution in [3.8, 4) is 11.5 Å². The van der Waals surface area contributed by atoms with Gasteiger partial charge < -0.3 is 18.3 Å². The molecule has 2 heterocycles. The van der Waals surface area contributed by atoms with E-state index in [2.05, 4.69) is 24.3 Å². The predicted molar refractivity (Wildman–Crippen MR) is 129 cm³/mol. The molecule has 0 bridgehead atoms. The number of benzene rings is 5. The molecule has 2 aromatic heterocycles. The monoisotopic (exact) mass is 418 g/mol. The molecule has 5 aromatic carbocycles. The molecule has 0 fully saturated rings. The van der Waals surface area contributed by atoms with Crippen LogP contribution in [0.15, 0.2) is 81.6 Å². The van der Waals surface area contributed by atoms with Crippen molar-refractivity contribution in [1.82, 2.24) is 0 Å². The third-order valence-electron chi connectivity index (χ3n) is 6.44. The van der Waals surface area contributed by atoms with E-state index in [0.717, 1.165) is 76.9 Å². The molecule has 0 aliphatic heterocycles. The van der Waals surface area contributed by atoms with Crippen molar-refractivity contribution in [2.24, 2.45) is 0 Å². The molecule has 0 saturated carbocycles. The van der Waals surface area contributed by atoms with Crippen molar-refractivity contribution >= 4 is 65.4 Å². The molecule has 0 saturated heterocycles. The van der Waals surface area contributed by atoms with E-state index in [1.54, 1.807) is 14.2 Å². The summed E-state index contributed by atoms with van der Waals surface area (Å²) in [6.07, 6.45) is 0. The predicted octanol–water partition coefficient (Wildman–Crippen LogP) is 7.81. The normalized spacial score (nSPS) is 12.1. The van der Waals surface area contributed by atoms with Gasteiger partial charge in [-0.1, -0.05) is 24.3 Å². The Balaban J connectivity index is 1.93. The van der Waals surface area contributed by atoms with Crippen molar-refractivity contribution in [2.75, 3.05) is 14.2 Å². The van der Waals surface area contributed by atoms with Crippen LogP contribution in [0.5, 0.6) is 11.5 Å². The molecule has 0 atom stereocenters. The topological polar surface area (TPSA) is 44.7 Å². The van der Waals surface area contributed by atoms with Gasteiger partial charge in [-0.15, -0.1) is 0 Å². The lowest BCUT2D eigenvalue weighted by Crippen LogP contribution is -1.91. The SMILES string of the molecule is COc1ccc2oc3cccc4c5cccc6oc7ccc(OC)cc7c(c65)c(c2c1)c34. The highest BCUT2D eigenvalue weighted by Gasteiger charge is 2.20. The Hall–Kier alpha value is -4.18. The van der Waals surface area contributed by atoms with E-state index in [1.165, 1.54) is 0 Å². The average molecular weight is 418 g/mol. The maximum atomic E-state index is 6.37. The number of hydrogen-bond donors (Lipinski definition) is 0. The van der Waals surface area contributed by atoms with Crippen molar-refractivity contribution < 1.29 is 18.3 Å². The Morgan fingerprint density at radius 1 is 0.469 bits per heavy atom. The van der Waals surface area contributed by atoms with E-state index in [0.29, 0.717) is 0 Å². The fourth-order valence-corrected chi connectivity index (χ4v) is 5.06. The molecule has 0 unspecified atom stereocenters. The Morgan fingerprint density at radius 3 is 1.38 bits per heavy atom. The first-order valence-corrected chi connectivity index (χ1v) is 10.5. The van der Waals surface area contributed by atoms with Gasteiger partial charge in [0, 0.05) is 32.3 Å². The first-order valence-electron chi connectivity index (χ1n) is 10.5. The van der Waals surface area contributed by atoms with Gasteiger partial charge in [0.15, 0.2) is 0 Å². The van der Waals surface area contributed by atoms with E-state index in [-0.39, 0.29) is 0 Å². The van der Waals surface area contributed by atoms with Crippen LogP contribution >= 0.6 is 0 Å². The lowest BCUT2D eigenvalue weighted by molar-refractivity contribution is 0.415.